The zero-order valence-electron chi connectivity index (χ0n) is 18.2. The number of amides is 1. The number of benzene rings is 3. The van der Waals surface area contributed by atoms with Crippen molar-refractivity contribution in [2.75, 3.05) is 5.32 Å². The van der Waals surface area contributed by atoms with Gasteiger partial charge in [0.2, 0.25) is 5.60 Å². The van der Waals surface area contributed by atoms with Crippen LogP contribution in [0.5, 0.6) is 0 Å². The highest BCUT2D eigenvalue weighted by molar-refractivity contribution is 6.32. The largest absolute Gasteiger partial charge is 0.369 e. The van der Waals surface area contributed by atoms with E-state index in [4.69, 9.17) is 16.9 Å². The van der Waals surface area contributed by atoms with Crippen LogP contribution in [0.4, 0.5) is 5.69 Å². The minimum Gasteiger partial charge on any atom is -0.369 e. The smallest absolute Gasteiger partial charge is 0.269 e. The average Bonchev–Trinajstić information content (AvgIpc) is 3.60. The van der Waals surface area contributed by atoms with Crippen molar-refractivity contribution in [3.05, 3.63) is 100 Å². The summed E-state index contributed by atoms with van der Waals surface area (Å²) in [6.07, 6.45) is 1.93. The van der Waals surface area contributed by atoms with Crippen LogP contribution in [0.25, 0.3) is 0 Å². The minimum atomic E-state index is -1.92. The number of halogens is 1. The first-order valence-corrected chi connectivity index (χ1v) is 11.1. The number of nitrogens with one attached hydrogen (secondary N) is 1. The van der Waals surface area contributed by atoms with E-state index in [2.05, 4.69) is 17.2 Å². The number of hydrogen-bond donors (Lipinski definition) is 2. The molecule has 1 amide bonds. The Kier molecular flexibility index (Phi) is 6.25. The van der Waals surface area contributed by atoms with E-state index in [0.29, 0.717) is 11.3 Å². The van der Waals surface area contributed by atoms with E-state index in [0.717, 1.165) is 29.5 Å². The lowest BCUT2D eigenvalue weighted by Crippen LogP contribution is -2.44. The molecule has 1 fully saturated rings. The Morgan fingerprint density at radius 2 is 1.82 bits per heavy atom. The van der Waals surface area contributed by atoms with Gasteiger partial charge in [-0.25, -0.2) is 0 Å². The first-order valence-electron chi connectivity index (χ1n) is 10.7. The summed E-state index contributed by atoms with van der Waals surface area (Å²) >= 11 is 6.11. The van der Waals surface area contributed by atoms with Gasteiger partial charge in [-0.15, -0.1) is 0 Å². The molecule has 1 unspecified atom stereocenters. The van der Waals surface area contributed by atoms with E-state index < -0.39 is 11.5 Å². The lowest BCUT2D eigenvalue weighted by Gasteiger charge is -2.27. The number of carbonyl (C=O) groups is 1. The van der Waals surface area contributed by atoms with E-state index in [1.807, 2.05) is 67.6 Å². The molecule has 1 aliphatic carbocycles. The van der Waals surface area contributed by atoms with Crippen molar-refractivity contribution >= 4 is 23.2 Å². The molecule has 0 spiro atoms. The molecule has 0 aromatic heterocycles. The second-order valence-corrected chi connectivity index (χ2v) is 8.97. The highest BCUT2D eigenvalue weighted by Crippen LogP contribution is 2.53. The number of aryl methyl sites for hydroxylation is 1. The predicted molar refractivity (Wildman–Crippen MR) is 130 cm³/mol. The Bertz CT molecular complexity index is 1280. The summed E-state index contributed by atoms with van der Waals surface area (Å²) in [5.41, 5.74) is 1.41. The molecular formula is C28H23ClN2O2. The molecule has 5 heteroatoms. The van der Waals surface area contributed by atoms with Gasteiger partial charge in [-0.1, -0.05) is 71.5 Å². The molecule has 2 N–H and O–H groups in total. The van der Waals surface area contributed by atoms with Gasteiger partial charge in [-0.2, -0.15) is 5.26 Å². The van der Waals surface area contributed by atoms with Gasteiger partial charge in [0, 0.05) is 17.7 Å². The van der Waals surface area contributed by atoms with Gasteiger partial charge in [0.15, 0.2) is 0 Å². The van der Waals surface area contributed by atoms with Gasteiger partial charge in [0.1, 0.15) is 6.07 Å². The Morgan fingerprint density at radius 1 is 1.12 bits per heavy atom. The molecule has 3 aromatic rings. The molecule has 3 aromatic carbocycles. The third-order valence-electron chi connectivity index (χ3n) is 6.02. The molecule has 0 radical (unpaired) electrons. The molecule has 0 aliphatic heterocycles. The van der Waals surface area contributed by atoms with Gasteiger partial charge in [-0.3, -0.25) is 4.79 Å². The average molecular weight is 455 g/mol. The van der Waals surface area contributed by atoms with Crippen molar-refractivity contribution in [3.63, 3.8) is 0 Å². The van der Waals surface area contributed by atoms with E-state index in [1.165, 1.54) is 12.1 Å². The van der Waals surface area contributed by atoms with Crippen LogP contribution < -0.4 is 5.32 Å². The fraction of sp³-hybridized carbons (Fsp3) is 0.214. The van der Waals surface area contributed by atoms with Crippen LogP contribution in [-0.2, 0) is 10.2 Å². The number of anilines is 1. The lowest BCUT2D eigenvalue weighted by atomic mass is 9.82. The van der Waals surface area contributed by atoms with Crippen molar-refractivity contribution in [2.45, 2.75) is 37.2 Å². The molecule has 1 atom stereocenters. The van der Waals surface area contributed by atoms with Crippen molar-refractivity contribution in [3.8, 4) is 17.9 Å². The zero-order valence-corrected chi connectivity index (χ0v) is 19.0. The van der Waals surface area contributed by atoms with Crippen LogP contribution in [-0.4, -0.2) is 16.6 Å². The van der Waals surface area contributed by atoms with E-state index in [9.17, 15) is 9.90 Å². The molecule has 1 aliphatic rings. The van der Waals surface area contributed by atoms with E-state index in [1.54, 1.807) is 6.07 Å². The summed E-state index contributed by atoms with van der Waals surface area (Å²) in [7, 11) is 0. The maximum atomic E-state index is 13.3. The van der Waals surface area contributed by atoms with Crippen LogP contribution in [0.2, 0.25) is 5.02 Å². The number of carbonyl (C=O) groups excluding carboxylic acids is 1. The van der Waals surface area contributed by atoms with Crippen LogP contribution >= 0.6 is 11.6 Å². The second kappa shape index (κ2) is 9.12. The summed E-state index contributed by atoms with van der Waals surface area (Å²) in [5.74, 6) is 5.22. The third kappa shape index (κ3) is 5.10. The SMILES string of the molecule is Cc1ccc(C#CC(O)(CC2(c3ccccc3)CC2)C(=O)Nc2ccc(C#N)c(Cl)c2)cc1. The van der Waals surface area contributed by atoms with Crippen LogP contribution in [0, 0.1) is 30.1 Å². The lowest BCUT2D eigenvalue weighted by molar-refractivity contribution is -0.129. The summed E-state index contributed by atoms with van der Waals surface area (Å²) < 4.78 is 0. The van der Waals surface area contributed by atoms with Gasteiger partial charge >= 0.3 is 0 Å². The Labute approximate surface area is 198 Å². The maximum Gasteiger partial charge on any atom is 0.269 e. The summed E-state index contributed by atoms with van der Waals surface area (Å²) in [6.45, 7) is 1.99. The molecule has 164 valence electrons. The van der Waals surface area contributed by atoms with Gasteiger partial charge < -0.3 is 10.4 Å². The van der Waals surface area contributed by atoms with Crippen LogP contribution in [0.15, 0.2) is 72.8 Å². The second-order valence-electron chi connectivity index (χ2n) is 8.56. The highest BCUT2D eigenvalue weighted by atomic mass is 35.5. The van der Waals surface area contributed by atoms with Crippen molar-refractivity contribution < 1.29 is 9.90 Å². The molecular weight excluding hydrogens is 432 g/mol. The minimum absolute atomic E-state index is 0.179. The van der Waals surface area contributed by atoms with E-state index >= 15 is 0 Å². The number of rotatable bonds is 5. The Hall–Kier alpha value is -3.57. The quantitative estimate of drug-likeness (QED) is 0.509. The Balaban J connectivity index is 1.66. The van der Waals surface area contributed by atoms with Crippen molar-refractivity contribution in [2.24, 2.45) is 0 Å². The van der Waals surface area contributed by atoms with Gasteiger partial charge in [0.25, 0.3) is 5.91 Å². The number of aliphatic hydroxyl groups is 1. The van der Waals surface area contributed by atoms with Crippen LogP contribution in [0.3, 0.4) is 0 Å². The predicted octanol–water partition coefficient (Wildman–Crippen LogP) is 5.36. The monoisotopic (exact) mass is 454 g/mol. The van der Waals surface area contributed by atoms with Crippen molar-refractivity contribution in [1.29, 1.82) is 5.26 Å². The van der Waals surface area contributed by atoms with Crippen LogP contribution in [0.1, 0.15) is 41.5 Å². The molecule has 1 saturated carbocycles. The summed E-state index contributed by atoms with van der Waals surface area (Å²) in [4.78, 5) is 13.3. The fourth-order valence-electron chi connectivity index (χ4n) is 3.91. The molecule has 4 rings (SSSR count). The summed E-state index contributed by atoms with van der Waals surface area (Å²) in [5, 5.41) is 23.6. The Morgan fingerprint density at radius 3 is 2.42 bits per heavy atom. The topological polar surface area (TPSA) is 73.1 Å². The number of nitriles is 1. The fourth-order valence-corrected chi connectivity index (χ4v) is 4.13. The zero-order chi connectivity index (χ0) is 23.5. The molecule has 33 heavy (non-hydrogen) atoms. The normalized spacial score (nSPS) is 15.3. The van der Waals surface area contributed by atoms with Gasteiger partial charge in [-0.05, 0) is 61.1 Å². The summed E-state index contributed by atoms with van der Waals surface area (Å²) in [6, 6.07) is 24.1. The first kappa shape index (κ1) is 22.6. The molecule has 0 heterocycles. The number of nitrogens with zero attached hydrogens (tertiary/aromatic N) is 1. The molecule has 0 saturated heterocycles. The number of hydrogen-bond acceptors (Lipinski definition) is 3. The first-order chi connectivity index (χ1) is 15.8. The van der Waals surface area contributed by atoms with E-state index in [-0.39, 0.29) is 16.9 Å². The maximum absolute atomic E-state index is 13.3. The van der Waals surface area contributed by atoms with Gasteiger partial charge in [0.05, 0.1) is 10.6 Å². The highest BCUT2D eigenvalue weighted by Gasteiger charge is 2.52. The standard InChI is InChI=1S/C28H23ClN2O2/c1-20-7-9-21(10-8-20)13-14-28(33,19-27(15-16-27)23-5-3-2-4-6-23)26(32)31-24-12-11-22(18-30)25(29)17-24/h2-12,17,33H,15-16,19H2,1H3,(H,31,32). The van der Waals surface area contributed by atoms with Crippen molar-refractivity contribution in [1.82, 2.24) is 0 Å². The third-order valence-corrected chi connectivity index (χ3v) is 6.33. The molecule has 0 bridgehead atoms. The molecule has 4 nitrogen and oxygen atoms in total.